The Morgan fingerprint density at radius 2 is 1.87 bits per heavy atom. The summed E-state index contributed by atoms with van der Waals surface area (Å²) in [6.45, 7) is 0.540. The van der Waals surface area contributed by atoms with Gasteiger partial charge in [-0.05, 0) is 24.6 Å². The molecule has 0 spiro atoms. The molecule has 0 fully saturated rings. The van der Waals surface area contributed by atoms with Crippen molar-refractivity contribution in [1.29, 1.82) is 0 Å². The Labute approximate surface area is 174 Å². The molecule has 4 rings (SSSR count). The Morgan fingerprint density at radius 3 is 2.55 bits per heavy atom. The number of aromatic nitrogens is 5. The fraction of sp³-hybridized carbons (Fsp3) is 0.250. The predicted molar refractivity (Wildman–Crippen MR) is 106 cm³/mol. The number of hydrogen-bond donors (Lipinski definition) is 1. The van der Waals surface area contributed by atoms with Crippen LogP contribution in [-0.4, -0.2) is 49.8 Å². The van der Waals surface area contributed by atoms with Gasteiger partial charge in [-0.25, -0.2) is 9.55 Å². The number of nitrogens with zero attached hydrogens (tertiary/aromatic N) is 5. The first-order valence-corrected chi connectivity index (χ1v) is 9.10. The molecule has 4 heterocycles. The van der Waals surface area contributed by atoms with E-state index in [9.17, 15) is 18.3 Å². The van der Waals surface area contributed by atoms with E-state index in [-0.39, 0.29) is 17.4 Å². The third kappa shape index (κ3) is 3.74. The highest BCUT2D eigenvalue weighted by Gasteiger charge is 2.29. The molecule has 11 heteroatoms. The number of methoxy groups -OCH3 is 2. The summed E-state index contributed by atoms with van der Waals surface area (Å²) in [7, 11) is 2.92. The maximum Gasteiger partial charge on any atom is 0.408 e. The number of pyridine rings is 2. The van der Waals surface area contributed by atoms with E-state index in [0.29, 0.717) is 33.5 Å². The number of fused-ring (bicyclic) bond motifs is 1. The van der Waals surface area contributed by atoms with Gasteiger partial charge in [-0.3, -0.25) is 9.67 Å². The molecule has 162 valence electrons. The lowest BCUT2D eigenvalue weighted by Gasteiger charge is -2.07. The molecule has 4 aromatic heterocycles. The van der Waals surface area contributed by atoms with Gasteiger partial charge in [0, 0.05) is 18.0 Å². The van der Waals surface area contributed by atoms with E-state index in [1.807, 2.05) is 0 Å². The van der Waals surface area contributed by atoms with Crippen molar-refractivity contribution in [3.63, 3.8) is 0 Å². The van der Waals surface area contributed by atoms with Crippen LogP contribution in [0.15, 0.2) is 36.9 Å². The number of rotatable bonds is 5. The van der Waals surface area contributed by atoms with E-state index in [2.05, 4.69) is 15.1 Å². The average Bonchev–Trinajstić information content (AvgIpc) is 3.28. The highest BCUT2D eigenvalue weighted by molar-refractivity contribution is 5.95. The summed E-state index contributed by atoms with van der Waals surface area (Å²) in [5, 5.41) is 15.0. The standard InChI is InChI=1S/C20H18F3N5O3/c1-11-4-15(12-5-14(30-2)8-24-6-12)26-17-16(11)18(29)28(19(17)31-3)13-7-25-27(9-13)10-20(21,22)23/h4-9,29H,10H2,1-3H3. The SMILES string of the molecule is COc1cncc(-c2cc(C)c3c(O)n(-c4cnn(CC(F)(F)F)c4)c(OC)c3n2)c1. The Hall–Kier alpha value is -3.76. The van der Waals surface area contributed by atoms with Gasteiger partial charge in [0.05, 0.1) is 43.4 Å². The van der Waals surface area contributed by atoms with E-state index < -0.39 is 12.7 Å². The minimum absolute atomic E-state index is 0.167. The Balaban J connectivity index is 1.88. The van der Waals surface area contributed by atoms with Crippen LogP contribution in [0.5, 0.6) is 17.5 Å². The van der Waals surface area contributed by atoms with Crippen LogP contribution in [0.4, 0.5) is 13.2 Å². The second-order valence-corrected chi connectivity index (χ2v) is 6.84. The highest BCUT2D eigenvalue weighted by Crippen LogP contribution is 2.41. The van der Waals surface area contributed by atoms with Gasteiger partial charge in [-0.1, -0.05) is 0 Å². The van der Waals surface area contributed by atoms with Crippen molar-refractivity contribution in [2.24, 2.45) is 0 Å². The number of ether oxygens (including phenoxy) is 2. The zero-order chi connectivity index (χ0) is 22.3. The molecule has 0 amide bonds. The summed E-state index contributed by atoms with van der Waals surface area (Å²) in [4.78, 5) is 8.75. The zero-order valence-electron chi connectivity index (χ0n) is 16.8. The lowest BCUT2D eigenvalue weighted by Crippen LogP contribution is -2.17. The summed E-state index contributed by atoms with van der Waals surface area (Å²) < 4.78 is 50.8. The summed E-state index contributed by atoms with van der Waals surface area (Å²) in [6, 6.07) is 3.54. The molecule has 0 aliphatic rings. The van der Waals surface area contributed by atoms with Crippen LogP contribution in [0.1, 0.15) is 5.56 Å². The minimum Gasteiger partial charge on any atom is -0.495 e. The van der Waals surface area contributed by atoms with Crippen LogP contribution in [0.3, 0.4) is 0 Å². The highest BCUT2D eigenvalue weighted by atomic mass is 19.4. The number of aromatic hydroxyl groups is 1. The molecule has 0 radical (unpaired) electrons. The maximum atomic E-state index is 12.7. The lowest BCUT2D eigenvalue weighted by molar-refractivity contribution is -0.142. The molecule has 4 aromatic rings. The number of alkyl halides is 3. The lowest BCUT2D eigenvalue weighted by atomic mass is 10.1. The summed E-state index contributed by atoms with van der Waals surface area (Å²) in [6.07, 6.45) is 1.16. The fourth-order valence-electron chi connectivity index (χ4n) is 3.41. The van der Waals surface area contributed by atoms with Crippen molar-refractivity contribution >= 4 is 10.9 Å². The van der Waals surface area contributed by atoms with Crippen LogP contribution >= 0.6 is 0 Å². The first-order valence-electron chi connectivity index (χ1n) is 9.10. The van der Waals surface area contributed by atoms with E-state index in [1.54, 1.807) is 31.5 Å². The predicted octanol–water partition coefficient (Wildman–Crippen LogP) is 3.88. The van der Waals surface area contributed by atoms with Crippen molar-refractivity contribution in [1.82, 2.24) is 24.3 Å². The number of aryl methyl sites for hydroxylation is 1. The molecule has 0 bridgehead atoms. The third-order valence-electron chi connectivity index (χ3n) is 4.71. The quantitative estimate of drug-likeness (QED) is 0.514. The summed E-state index contributed by atoms with van der Waals surface area (Å²) in [5.74, 6) is 0.514. The number of halogens is 3. The molecule has 0 aromatic carbocycles. The van der Waals surface area contributed by atoms with E-state index in [1.165, 1.54) is 31.2 Å². The smallest absolute Gasteiger partial charge is 0.408 e. The largest absolute Gasteiger partial charge is 0.495 e. The molecule has 1 N–H and O–H groups in total. The van der Waals surface area contributed by atoms with Crippen LogP contribution < -0.4 is 9.47 Å². The average molecular weight is 433 g/mol. The van der Waals surface area contributed by atoms with Gasteiger partial charge < -0.3 is 14.6 Å². The summed E-state index contributed by atoms with van der Waals surface area (Å²) >= 11 is 0. The second-order valence-electron chi connectivity index (χ2n) is 6.84. The molecule has 8 nitrogen and oxygen atoms in total. The zero-order valence-corrected chi connectivity index (χ0v) is 16.8. The molecule has 31 heavy (non-hydrogen) atoms. The molecular formula is C20H18F3N5O3. The monoisotopic (exact) mass is 433 g/mol. The van der Waals surface area contributed by atoms with Gasteiger partial charge in [0.25, 0.3) is 0 Å². The molecule has 0 aliphatic carbocycles. The Bertz CT molecular complexity index is 1260. The Morgan fingerprint density at radius 1 is 1.10 bits per heavy atom. The van der Waals surface area contributed by atoms with Crippen molar-refractivity contribution in [3.05, 3.63) is 42.5 Å². The van der Waals surface area contributed by atoms with Crippen molar-refractivity contribution < 1.29 is 27.8 Å². The molecule has 0 unspecified atom stereocenters. The maximum absolute atomic E-state index is 12.7. The van der Waals surface area contributed by atoms with Crippen molar-refractivity contribution in [3.8, 4) is 34.5 Å². The van der Waals surface area contributed by atoms with Crippen molar-refractivity contribution in [2.75, 3.05) is 14.2 Å². The van der Waals surface area contributed by atoms with E-state index in [4.69, 9.17) is 9.47 Å². The van der Waals surface area contributed by atoms with Gasteiger partial charge in [-0.15, -0.1) is 0 Å². The van der Waals surface area contributed by atoms with Gasteiger partial charge >= 0.3 is 6.18 Å². The molecule has 0 saturated carbocycles. The van der Waals surface area contributed by atoms with Gasteiger partial charge in [0.2, 0.25) is 11.8 Å². The van der Waals surface area contributed by atoms with Gasteiger partial charge in [0.1, 0.15) is 17.8 Å². The molecular weight excluding hydrogens is 415 g/mol. The fourth-order valence-corrected chi connectivity index (χ4v) is 3.41. The van der Waals surface area contributed by atoms with Crippen LogP contribution in [-0.2, 0) is 6.54 Å². The van der Waals surface area contributed by atoms with Crippen LogP contribution in [0.25, 0.3) is 27.8 Å². The van der Waals surface area contributed by atoms with Crippen LogP contribution in [0, 0.1) is 6.92 Å². The second kappa shape index (κ2) is 7.49. The topological polar surface area (TPSA) is 87.2 Å². The van der Waals surface area contributed by atoms with Gasteiger partial charge in [-0.2, -0.15) is 18.3 Å². The van der Waals surface area contributed by atoms with Gasteiger partial charge in [0.15, 0.2) is 0 Å². The first kappa shape index (κ1) is 20.5. The van der Waals surface area contributed by atoms with E-state index >= 15 is 0 Å². The molecule has 0 saturated heterocycles. The van der Waals surface area contributed by atoms with Crippen molar-refractivity contribution in [2.45, 2.75) is 19.6 Å². The minimum atomic E-state index is -4.42. The normalized spacial score (nSPS) is 11.8. The number of hydrogen-bond acceptors (Lipinski definition) is 6. The van der Waals surface area contributed by atoms with Crippen LogP contribution in [0.2, 0.25) is 0 Å². The molecule has 0 aliphatic heterocycles. The third-order valence-corrected chi connectivity index (χ3v) is 4.71. The Kier molecular flexibility index (Phi) is 4.96. The first-order chi connectivity index (χ1) is 14.7. The molecule has 0 atom stereocenters. The van der Waals surface area contributed by atoms with E-state index in [0.717, 1.165) is 4.68 Å². The summed E-state index contributed by atoms with van der Waals surface area (Å²) in [5.41, 5.74) is 2.51.